The minimum atomic E-state index is -0.930. The second kappa shape index (κ2) is 10.5. The van der Waals surface area contributed by atoms with Gasteiger partial charge in [-0.25, -0.2) is 19.3 Å². The fraction of sp³-hybridized carbons (Fsp3) is 0.452. The molecule has 0 radical (unpaired) electrons. The van der Waals surface area contributed by atoms with Crippen LogP contribution >= 0.6 is 0 Å². The van der Waals surface area contributed by atoms with Gasteiger partial charge in [0.2, 0.25) is 0 Å². The smallest absolute Gasteiger partial charge is 0.410 e. The summed E-state index contributed by atoms with van der Waals surface area (Å²) in [5, 5.41) is 13.7. The summed E-state index contributed by atoms with van der Waals surface area (Å²) in [6.45, 7) is 6.57. The van der Waals surface area contributed by atoms with E-state index in [9.17, 15) is 19.5 Å². The summed E-state index contributed by atoms with van der Waals surface area (Å²) < 4.78 is 13.3. The van der Waals surface area contributed by atoms with E-state index in [-0.39, 0.29) is 31.9 Å². The summed E-state index contributed by atoms with van der Waals surface area (Å²) in [7, 11) is 0. The van der Waals surface area contributed by atoms with Gasteiger partial charge < -0.3 is 19.5 Å². The molecule has 42 heavy (non-hydrogen) atoms. The molecule has 3 aromatic rings. The lowest BCUT2D eigenvalue weighted by Crippen LogP contribution is -2.64. The average molecular weight is 574 g/mol. The molecule has 1 spiro atoms. The Morgan fingerprint density at radius 1 is 1.05 bits per heavy atom. The summed E-state index contributed by atoms with van der Waals surface area (Å²) in [6.07, 6.45) is 1.20. The maximum absolute atomic E-state index is 13.8. The van der Waals surface area contributed by atoms with E-state index in [0.29, 0.717) is 25.3 Å². The number of benzene rings is 2. The van der Waals surface area contributed by atoms with Gasteiger partial charge in [-0.15, -0.1) is 0 Å². The largest absolute Gasteiger partial charge is 0.481 e. The van der Waals surface area contributed by atoms with Crippen LogP contribution in [-0.2, 0) is 19.8 Å². The highest BCUT2D eigenvalue weighted by molar-refractivity contribution is 5.79. The Hall–Kier alpha value is -4.41. The van der Waals surface area contributed by atoms with Crippen molar-refractivity contribution in [2.24, 2.45) is 0 Å². The Bertz CT molecular complexity index is 1480. The lowest BCUT2D eigenvalue weighted by molar-refractivity contribution is -0.137. The summed E-state index contributed by atoms with van der Waals surface area (Å²) >= 11 is 0. The molecular formula is C31H35N5O6. The molecule has 1 atom stereocenters. The van der Waals surface area contributed by atoms with Crippen LogP contribution in [0, 0.1) is 0 Å². The zero-order valence-electron chi connectivity index (χ0n) is 24.0. The van der Waals surface area contributed by atoms with Crippen LogP contribution in [0.5, 0.6) is 0 Å². The van der Waals surface area contributed by atoms with Crippen LogP contribution in [0.1, 0.15) is 68.9 Å². The third kappa shape index (κ3) is 4.97. The van der Waals surface area contributed by atoms with Crippen molar-refractivity contribution in [3.8, 4) is 11.1 Å². The Kier molecular flexibility index (Phi) is 6.90. The van der Waals surface area contributed by atoms with Crippen LogP contribution in [0.15, 0.2) is 54.9 Å². The number of ether oxygens (including phenoxy) is 2. The number of carbonyl (C=O) groups excluding carboxylic acids is 2. The van der Waals surface area contributed by atoms with Gasteiger partial charge in [0.05, 0.1) is 19.1 Å². The Morgan fingerprint density at radius 2 is 1.69 bits per heavy atom. The Morgan fingerprint density at radius 3 is 2.31 bits per heavy atom. The Labute approximate surface area is 244 Å². The summed E-state index contributed by atoms with van der Waals surface area (Å²) in [5.41, 5.74) is 3.36. The molecule has 1 aliphatic carbocycles. The van der Waals surface area contributed by atoms with E-state index in [1.807, 2.05) is 45.0 Å². The highest BCUT2D eigenvalue weighted by atomic mass is 16.6. The molecule has 2 aliphatic heterocycles. The number of amides is 2. The maximum atomic E-state index is 13.8. The van der Waals surface area contributed by atoms with E-state index in [2.05, 4.69) is 34.3 Å². The van der Waals surface area contributed by atoms with Crippen LogP contribution in [0.3, 0.4) is 0 Å². The molecule has 1 N–H and O–H groups in total. The van der Waals surface area contributed by atoms with Gasteiger partial charge in [0.1, 0.15) is 24.1 Å². The Balaban J connectivity index is 1.20. The molecule has 2 amide bonds. The number of nitrogens with zero attached hydrogens (tertiary/aromatic N) is 5. The van der Waals surface area contributed by atoms with Crippen molar-refractivity contribution in [2.45, 2.75) is 63.1 Å². The van der Waals surface area contributed by atoms with Crippen molar-refractivity contribution in [2.75, 3.05) is 26.2 Å². The number of likely N-dealkylation sites (tertiary alicyclic amines) is 1. The van der Waals surface area contributed by atoms with Crippen LogP contribution in [0.4, 0.5) is 9.59 Å². The molecule has 1 saturated heterocycles. The van der Waals surface area contributed by atoms with Crippen LogP contribution in [0.25, 0.3) is 11.1 Å². The first-order valence-corrected chi connectivity index (χ1v) is 14.3. The highest BCUT2D eigenvalue weighted by Gasteiger charge is 2.57. The summed E-state index contributed by atoms with van der Waals surface area (Å²) in [6, 6.07) is 15.8. The van der Waals surface area contributed by atoms with Gasteiger partial charge in [0.15, 0.2) is 5.82 Å². The van der Waals surface area contributed by atoms with Gasteiger partial charge in [-0.3, -0.25) is 9.69 Å². The molecule has 0 bridgehead atoms. The van der Waals surface area contributed by atoms with E-state index < -0.39 is 35.3 Å². The summed E-state index contributed by atoms with van der Waals surface area (Å²) in [4.78, 5) is 45.4. The first-order valence-electron chi connectivity index (χ1n) is 14.3. The topological polar surface area (TPSA) is 127 Å². The van der Waals surface area contributed by atoms with Crippen LogP contribution in [0.2, 0.25) is 0 Å². The lowest BCUT2D eigenvalue weighted by atomic mass is 9.86. The molecule has 3 heterocycles. The molecular weight excluding hydrogens is 538 g/mol. The van der Waals surface area contributed by atoms with Crippen LogP contribution in [-0.4, -0.2) is 79.7 Å². The molecule has 0 saturated carbocycles. The molecule has 2 aromatic carbocycles. The average Bonchev–Trinajstić information content (AvgIpc) is 3.60. The first kappa shape index (κ1) is 27.7. The van der Waals surface area contributed by atoms with Crippen molar-refractivity contribution in [1.82, 2.24) is 24.6 Å². The van der Waals surface area contributed by atoms with Gasteiger partial charge >= 0.3 is 18.2 Å². The number of rotatable bonds is 7. The molecule has 1 unspecified atom stereocenters. The molecule has 3 aliphatic rings. The van der Waals surface area contributed by atoms with E-state index in [0.717, 1.165) is 22.3 Å². The zero-order chi connectivity index (χ0) is 29.6. The van der Waals surface area contributed by atoms with E-state index >= 15 is 0 Å². The van der Waals surface area contributed by atoms with Crippen molar-refractivity contribution >= 4 is 18.2 Å². The second-order valence-corrected chi connectivity index (χ2v) is 12.3. The van der Waals surface area contributed by atoms with Crippen LogP contribution < -0.4 is 0 Å². The molecule has 6 rings (SSSR count). The van der Waals surface area contributed by atoms with Gasteiger partial charge in [0.25, 0.3) is 0 Å². The second-order valence-electron chi connectivity index (χ2n) is 12.3. The molecule has 11 heteroatoms. The lowest BCUT2D eigenvalue weighted by Gasteiger charge is -2.48. The summed E-state index contributed by atoms with van der Waals surface area (Å²) in [5.74, 6) is -0.432. The van der Waals surface area contributed by atoms with Gasteiger partial charge in [-0.2, -0.15) is 5.10 Å². The standard InChI is InChI=1S/C31H35N5O6/c1-30(2,3)42-28(39)34-17-31(18-34)15-25(27-32-19-33-36(27)31)35(14-8-13-26(37)38)29(40)41-16-24-22-11-6-4-9-20(22)21-10-5-7-12-23(21)24/h4-7,9-12,19,24-25H,8,13-18H2,1-3H3,(H,37,38). The molecule has 1 aromatic heterocycles. The maximum Gasteiger partial charge on any atom is 0.410 e. The first-order chi connectivity index (χ1) is 20.1. The number of aromatic nitrogens is 3. The predicted octanol–water partition coefficient (Wildman–Crippen LogP) is 4.78. The number of hydrogen-bond acceptors (Lipinski definition) is 7. The zero-order valence-corrected chi connectivity index (χ0v) is 24.0. The number of carboxylic acids is 1. The fourth-order valence-corrected chi connectivity index (χ4v) is 6.47. The predicted molar refractivity (Wildman–Crippen MR) is 152 cm³/mol. The minimum absolute atomic E-state index is 0.0792. The normalized spacial score (nSPS) is 18.2. The molecule has 220 valence electrons. The quantitative estimate of drug-likeness (QED) is 0.428. The van der Waals surface area contributed by atoms with Crippen molar-refractivity contribution in [1.29, 1.82) is 0 Å². The number of aliphatic carboxylic acids is 1. The van der Waals surface area contributed by atoms with E-state index in [1.165, 1.54) is 6.33 Å². The van der Waals surface area contributed by atoms with E-state index in [1.54, 1.807) is 14.5 Å². The molecule has 11 nitrogen and oxygen atoms in total. The van der Waals surface area contributed by atoms with Gasteiger partial charge in [0, 0.05) is 25.3 Å². The monoisotopic (exact) mass is 573 g/mol. The number of carboxylic acid groups (broad SMARTS) is 1. The fourth-order valence-electron chi connectivity index (χ4n) is 6.47. The van der Waals surface area contributed by atoms with Crippen molar-refractivity contribution in [3.63, 3.8) is 0 Å². The van der Waals surface area contributed by atoms with Crippen molar-refractivity contribution < 1.29 is 29.0 Å². The van der Waals surface area contributed by atoms with E-state index in [4.69, 9.17) is 9.47 Å². The van der Waals surface area contributed by atoms with Crippen molar-refractivity contribution in [3.05, 3.63) is 71.8 Å². The van der Waals surface area contributed by atoms with Gasteiger partial charge in [-0.1, -0.05) is 48.5 Å². The SMILES string of the molecule is CC(C)(C)OC(=O)N1CC2(CC(N(CCCC(=O)O)C(=O)OCC3c4ccccc4-c4ccccc43)c3ncnn32)C1. The van der Waals surface area contributed by atoms with Gasteiger partial charge in [-0.05, 0) is 49.4 Å². The third-order valence-electron chi connectivity index (χ3n) is 8.25. The number of fused-ring (bicyclic) bond motifs is 5. The molecule has 1 fully saturated rings. The number of carbonyl (C=O) groups is 3. The highest BCUT2D eigenvalue weighted by Crippen LogP contribution is 2.47. The third-order valence-corrected chi connectivity index (χ3v) is 8.25. The minimum Gasteiger partial charge on any atom is -0.481 e. The number of hydrogen-bond donors (Lipinski definition) is 1.